The van der Waals surface area contributed by atoms with Gasteiger partial charge in [0.15, 0.2) is 0 Å². The highest BCUT2D eigenvalue weighted by molar-refractivity contribution is 5.74. The lowest BCUT2D eigenvalue weighted by atomic mass is 10.1. The summed E-state index contributed by atoms with van der Waals surface area (Å²) in [5.41, 5.74) is 1.98. The number of carbonyl (C=O) groups is 1. The van der Waals surface area contributed by atoms with Crippen molar-refractivity contribution < 1.29 is 9.18 Å². The van der Waals surface area contributed by atoms with E-state index in [0.29, 0.717) is 13.1 Å². The van der Waals surface area contributed by atoms with Crippen LogP contribution < -0.4 is 5.32 Å². The molecule has 0 aliphatic heterocycles. The van der Waals surface area contributed by atoms with Crippen LogP contribution in [-0.2, 0) is 13.0 Å². The van der Waals surface area contributed by atoms with Crippen molar-refractivity contribution in [2.45, 2.75) is 44.7 Å². The van der Waals surface area contributed by atoms with Gasteiger partial charge in [-0.1, -0.05) is 49.2 Å². The lowest BCUT2D eigenvalue weighted by Gasteiger charge is -2.29. The highest BCUT2D eigenvalue weighted by Crippen LogP contribution is 2.25. The number of hydrogen-bond acceptors (Lipinski definition) is 2. The van der Waals surface area contributed by atoms with E-state index in [2.05, 4.69) is 5.32 Å². The molecule has 0 unspecified atom stereocenters. The number of benzene rings is 2. The normalized spacial score (nSPS) is 13.9. The summed E-state index contributed by atoms with van der Waals surface area (Å²) in [6.07, 6.45) is 4.98. The monoisotopic (exact) mass is 365 g/mol. The molecule has 1 N–H and O–H groups in total. The Hall–Kier alpha value is -2.87. The van der Waals surface area contributed by atoms with Crippen LogP contribution in [0.3, 0.4) is 0 Å². The molecule has 140 valence electrons. The molecule has 27 heavy (non-hydrogen) atoms. The molecule has 1 aliphatic carbocycles. The maximum absolute atomic E-state index is 13.6. The van der Waals surface area contributed by atoms with E-state index in [0.717, 1.165) is 37.7 Å². The van der Waals surface area contributed by atoms with Crippen molar-refractivity contribution in [2.24, 2.45) is 0 Å². The number of amides is 2. The number of nitrogens with one attached hydrogen (secondary N) is 1. The predicted molar refractivity (Wildman–Crippen MR) is 102 cm³/mol. The summed E-state index contributed by atoms with van der Waals surface area (Å²) in [6.45, 7) is 0.954. The first-order valence-electron chi connectivity index (χ1n) is 9.44. The molecule has 1 fully saturated rings. The maximum Gasteiger partial charge on any atom is 0.317 e. The molecule has 0 radical (unpaired) electrons. The summed E-state index contributed by atoms with van der Waals surface area (Å²) in [5.74, 6) is -0.527. The van der Waals surface area contributed by atoms with Gasteiger partial charge in [-0.05, 0) is 42.5 Å². The standard InChI is InChI=1S/C22H24FN3O/c23-21-11-10-18(14-19(21)15-24)16-26(20-8-4-5-9-20)22(27)25-13-12-17-6-2-1-3-7-17/h1-3,6-7,10-11,14,20H,4-5,8-9,12-13,16H2,(H,25,27). The smallest absolute Gasteiger partial charge is 0.317 e. The quantitative estimate of drug-likeness (QED) is 0.825. The number of nitrogens with zero attached hydrogens (tertiary/aromatic N) is 2. The van der Waals surface area contributed by atoms with Crippen LogP contribution in [0.15, 0.2) is 48.5 Å². The number of urea groups is 1. The molecule has 0 bridgehead atoms. The third-order valence-electron chi connectivity index (χ3n) is 5.06. The highest BCUT2D eigenvalue weighted by Gasteiger charge is 2.26. The minimum absolute atomic E-state index is 0.0170. The van der Waals surface area contributed by atoms with Crippen LogP contribution in [-0.4, -0.2) is 23.5 Å². The second-order valence-electron chi connectivity index (χ2n) is 6.96. The van der Waals surface area contributed by atoms with Crippen LogP contribution in [0.2, 0.25) is 0 Å². The topological polar surface area (TPSA) is 56.1 Å². The molecule has 3 rings (SSSR count). The van der Waals surface area contributed by atoms with E-state index >= 15 is 0 Å². The number of rotatable bonds is 6. The predicted octanol–water partition coefficient (Wildman–Crippen LogP) is 4.39. The van der Waals surface area contributed by atoms with E-state index < -0.39 is 5.82 Å². The Bertz CT molecular complexity index is 810. The fraction of sp³-hybridized carbons (Fsp3) is 0.364. The second kappa shape index (κ2) is 9.18. The van der Waals surface area contributed by atoms with Gasteiger partial charge in [0.25, 0.3) is 0 Å². The average Bonchev–Trinajstić information content (AvgIpc) is 3.22. The SMILES string of the molecule is N#Cc1cc(CN(C(=O)NCCc2ccccc2)C2CCCC2)ccc1F. The molecule has 1 saturated carbocycles. The average molecular weight is 365 g/mol. The molecule has 4 nitrogen and oxygen atoms in total. The molecule has 0 atom stereocenters. The Morgan fingerprint density at radius 2 is 1.89 bits per heavy atom. The van der Waals surface area contributed by atoms with Gasteiger partial charge in [0.05, 0.1) is 5.56 Å². The van der Waals surface area contributed by atoms with E-state index in [-0.39, 0.29) is 17.6 Å². The molecule has 0 saturated heterocycles. The van der Waals surface area contributed by atoms with E-state index in [4.69, 9.17) is 5.26 Å². The van der Waals surface area contributed by atoms with Gasteiger partial charge in [0.2, 0.25) is 0 Å². The maximum atomic E-state index is 13.6. The van der Waals surface area contributed by atoms with Crippen LogP contribution >= 0.6 is 0 Å². The molecule has 2 aromatic rings. The van der Waals surface area contributed by atoms with Gasteiger partial charge in [-0.2, -0.15) is 5.26 Å². The van der Waals surface area contributed by atoms with Crippen LogP contribution in [0, 0.1) is 17.1 Å². The Labute approximate surface area is 159 Å². The van der Waals surface area contributed by atoms with E-state index in [1.165, 1.54) is 17.7 Å². The van der Waals surface area contributed by atoms with E-state index in [1.807, 2.05) is 41.3 Å². The number of carbonyl (C=O) groups excluding carboxylic acids is 1. The molecule has 2 aromatic carbocycles. The summed E-state index contributed by atoms with van der Waals surface area (Å²) < 4.78 is 13.6. The van der Waals surface area contributed by atoms with Crippen LogP contribution in [0.25, 0.3) is 0 Å². The minimum Gasteiger partial charge on any atom is -0.338 e. The number of halogens is 1. The minimum atomic E-state index is -0.527. The van der Waals surface area contributed by atoms with Crippen molar-refractivity contribution in [3.8, 4) is 6.07 Å². The lowest BCUT2D eigenvalue weighted by molar-refractivity contribution is 0.171. The largest absolute Gasteiger partial charge is 0.338 e. The first-order chi connectivity index (χ1) is 13.2. The van der Waals surface area contributed by atoms with Crippen molar-refractivity contribution in [1.82, 2.24) is 10.2 Å². The Balaban J connectivity index is 1.65. The Kier molecular flexibility index (Phi) is 6.43. The van der Waals surface area contributed by atoms with Gasteiger partial charge in [-0.25, -0.2) is 9.18 Å². The molecule has 1 aliphatic rings. The van der Waals surface area contributed by atoms with Gasteiger partial charge in [-0.3, -0.25) is 0 Å². The second-order valence-corrected chi connectivity index (χ2v) is 6.96. The molecule has 0 spiro atoms. The van der Waals surface area contributed by atoms with Crippen LogP contribution in [0.4, 0.5) is 9.18 Å². The molecular formula is C22H24FN3O. The lowest BCUT2D eigenvalue weighted by Crippen LogP contribution is -2.45. The molecule has 0 aromatic heterocycles. The van der Waals surface area contributed by atoms with Gasteiger partial charge < -0.3 is 10.2 Å². The zero-order valence-electron chi connectivity index (χ0n) is 15.3. The Morgan fingerprint density at radius 3 is 2.59 bits per heavy atom. The summed E-state index contributed by atoms with van der Waals surface area (Å²) in [5, 5.41) is 12.1. The van der Waals surface area contributed by atoms with Gasteiger partial charge in [-0.15, -0.1) is 0 Å². The van der Waals surface area contributed by atoms with Gasteiger partial charge in [0, 0.05) is 19.1 Å². The molecule has 0 heterocycles. The van der Waals surface area contributed by atoms with Crippen molar-refractivity contribution in [3.05, 3.63) is 71.0 Å². The van der Waals surface area contributed by atoms with Crippen LogP contribution in [0.5, 0.6) is 0 Å². The van der Waals surface area contributed by atoms with E-state index in [1.54, 1.807) is 6.07 Å². The number of nitriles is 1. The fourth-order valence-electron chi connectivity index (χ4n) is 3.60. The zero-order valence-corrected chi connectivity index (χ0v) is 15.3. The third-order valence-corrected chi connectivity index (χ3v) is 5.06. The summed E-state index contributed by atoms with van der Waals surface area (Å²) in [6, 6.07) is 16.5. The molecular weight excluding hydrogens is 341 g/mol. The molecule has 2 amide bonds. The van der Waals surface area contributed by atoms with Gasteiger partial charge >= 0.3 is 6.03 Å². The van der Waals surface area contributed by atoms with E-state index in [9.17, 15) is 9.18 Å². The molecule has 5 heteroatoms. The summed E-state index contributed by atoms with van der Waals surface area (Å²) in [7, 11) is 0. The van der Waals surface area contributed by atoms with Crippen molar-refractivity contribution >= 4 is 6.03 Å². The fourth-order valence-corrected chi connectivity index (χ4v) is 3.60. The first-order valence-corrected chi connectivity index (χ1v) is 9.44. The van der Waals surface area contributed by atoms with Crippen molar-refractivity contribution in [1.29, 1.82) is 5.26 Å². The van der Waals surface area contributed by atoms with Crippen LogP contribution in [0.1, 0.15) is 42.4 Å². The summed E-state index contributed by atoms with van der Waals surface area (Å²) >= 11 is 0. The van der Waals surface area contributed by atoms with Crippen molar-refractivity contribution in [3.63, 3.8) is 0 Å². The third kappa shape index (κ3) is 5.07. The zero-order chi connectivity index (χ0) is 19.1. The highest BCUT2D eigenvalue weighted by atomic mass is 19.1. The number of hydrogen-bond donors (Lipinski definition) is 1. The van der Waals surface area contributed by atoms with Crippen molar-refractivity contribution in [2.75, 3.05) is 6.54 Å². The van der Waals surface area contributed by atoms with Gasteiger partial charge in [0.1, 0.15) is 11.9 Å². The first kappa shape index (κ1) is 18.9. The Morgan fingerprint density at radius 1 is 1.15 bits per heavy atom. The summed E-state index contributed by atoms with van der Waals surface area (Å²) in [4.78, 5) is 14.7.